The first-order valence-corrected chi connectivity index (χ1v) is 9.20. The summed E-state index contributed by atoms with van der Waals surface area (Å²) in [6.07, 6.45) is 0.562. The lowest BCUT2D eigenvalue weighted by molar-refractivity contribution is 0.204. The summed E-state index contributed by atoms with van der Waals surface area (Å²) < 4.78 is 22.7. The van der Waals surface area contributed by atoms with Gasteiger partial charge in [0.05, 0.1) is 11.0 Å². The van der Waals surface area contributed by atoms with Crippen molar-refractivity contribution >= 4 is 27.3 Å². The molecule has 1 unspecified atom stereocenters. The summed E-state index contributed by atoms with van der Waals surface area (Å²) in [7, 11) is -3.17. The zero-order valence-electron chi connectivity index (χ0n) is 11.6. The molecule has 21 heavy (non-hydrogen) atoms. The van der Waals surface area contributed by atoms with Crippen molar-refractivity contribution < 1.29 is 13.5 Å². The maximum absolute atomic E-state index is 11.4. The molecule has 0 radical (unpaired) electrons. The van der Waals surface area contributed by atoms with Crippen LogP contribution in [0.5, 0.6) is 0 Å². The quantitative estimate of drug-likeness (QED) is 0.653. The summed E-state index contributed by atoms with van der Waals surface area (Å²) >= 11 is 1.46. The van der Waals surface area contributed by atoms with Crippen molar-refractivity contribution in [3.05, 3.63) is 54.1 Å². The highest BCUT2D eigenvalue weighted by Crippen LogP contribution is 2.26. The monoisotopic (exact) mass is 323 g/mol. The van der Waals surface area contributed by atoms with E-state index in [1.54, 1.807) is 42.5 Å². The fraction of sp³-hybridized carbons (Fsp3) is 0.200. The van der Waals surface area contributed by atoms with E-state index in [2.05, 4.69) is 0 Å². The van der Waals surface area contributed by atoms with Gasteiger partial charge in [-0.25, -0.2) is 8.42 Å². The number of sulfone groups is 1. The van der Waals surface area contributed by atoms with E-state index >= 15 is 0 Å². The number of rotatable bonds is 5. The molecule has 4 nitrogen and oxygen atoms in total. The lowest BCUT2D eigenvalue weighted by atomic mass is 10.1. The number of thioether (sulfide) groups is 1. The van der Waals surface area contributed by atoms with Crippen molar-refractivity contribution in [3.8, 4) is 0 Å². The van der Waals surface area contributed by atoms with Crippen molar-refractivity contribution in [1.29, 1.82) is 0 Å². The highest BCUT2D eigenvalue weighted by molar-refractivity contribution is 7.99. The van der Waals surface area contributed by atoms with E-state index in [-0.39, 0.29) is 0 Å². The number of nitrogen functional groups attached to an aromatic ring is 1. The molecule has 0 saturated heterocycles. The van der Waals surface area contributed by atoms with Gasteiger partial charge >= 0.3 is 0 Å². The predicted octanol–water partition coefficient (Wildman–Crippen LogP) is 2.50. The molecule has 112 valence electrons. The summed E-state index contributed by atoms with van der Waals surface area (Å²) in [4.78, 5) is 1.20. The maximum atomic E-state index is 11.4. The Labute approximate surface area is 128 Å². The zero-order chi connectivity index (χ0) is 15.5. The number of aliphatic hydroxyl groups is 1. The van der Waals surface area contributed by atoms with Crippen LogP contribution in [0.15, 0.2) is 58.3 Å². The van der Waals surface area contributed by atoms with Crippen LogP contribution < -0.4 is 5.73 Å². The van der Waals surface area contributed by atoms with Gasteiger partial charge in [-0.3, -0.25) is 0 Å². The van der Waals surface area contributed by atoms with Crippen molar-refractivity contribution in [2.75, 3.05) is 17.7 Å². The van der Waals surface area contributed by atoms with Gasteiger partial charge in [-0.05, 0) is 42.0 Å². The summed E-state index contributed by atoms with van der Waals surface area (Å²) in [5.74, 6) is 0.474. The summed E-state index contributed by atoms with van der Waals surface area (Å²) in [5.41, 5.74) is 7.08. The molecule has 0 saturated carbocycles. The topological polar surface area (TPSA) is 80.4 Å². The molecule has 0 heterocycles. The van der Waals surface area contributed by atoms with Gasteiger partial charge in [0.15, 0.2) is 9.84 Å². The molecular weight excluding hydrogens is 306 g/mol. The molecule has 0 bridgehead atoms. The Morgan fingerprint density at radius 2 is 1.86 bits per heavy atom. The highest BCUT2D eigenvalue weighted by atomic mass is 32.2. The van der Waals surface area contributed by atoms with Gasteiger partial charge in [-0.2, -0.15) is 0 Å². The smallest absolute Gasteiger partial charge is 0.175 e. The largest absolute Gasteiger partial charge is 0.399 e. The van der Waals surface area contributed by atoms with Crippen molar-refractivity contribution in [1.82, 2.24) is 0 Å². The van der Waals surface area contributed by atoms with Crippen LogP contribution in [-0.2, 0) is 9.84 Å². The van der Waals surface area contributed by atoms with Crippen molar-refractivity contribution in [3.63, 3.8) is 0 Å². The molecule has 1 atom stereocenters. The second kappa shape index (κ2) is 6.51. The van der Waals surface area contributed by atoms with Crippen LogP contribution >= 0.6 is 11.8 Å². The van der Waals surface area contributed by atoms with Gasteiger partial charge < -0.3 is 10.8 Å². The average Bonchev–Trinajstić information content (AvgIpc) is 2.44. The first-order valence-electron chi connectivity index (χ1n) is 6.33. The molecule has 0 spiro atoms. The van der Waals surface area contributed by atoms with Gasteiger partial charge in [0.25, 0.3) is 0 Å². The van der Waals surface area contributed by atoms with Gasteiger partial charge in [0.2, 0.25) is 0 Å². The Morgan fingerprint density at radius 3 is 2.43 bits per heavy atom. The minimum Gasteiger partial charge on any atom is -0.399 e. The Bertz CT molecular complexity index is 712. The molecular formula is C15H17NO3S2. The van der Waals surface area contributed by atoms with Crippen LogP contribution in [0.4, 0.5) is 5.69 Å². The Balaban J connectivity index is 2.00. The van der Waals surface area contributed by atoms with Crippen LogP contribution in [0, 0.1) is 0 Å². The third-order valence-corrected chi connectivity index (χ3v) is 5.17. The first-order chi connectivity index (χ1) is 9.86. The number of hydrogen-bond acceptors (Lipinski definition) is 5. The lowest BCUT2D eigenvalue weighted by Crippen LogP contribution is -2.01. The Hall–Kier alpha value is -1.50. The number of hydrogen-bond donors (Lipinski definition) is 2. The van der Waals surface area contributed by atoms with Gasteiger partial charge in [-0.1, -0.05) is 12.1 Å². The van der Waals surface area contributed by atoms with Crippen LogP contribution in [0.25, 0.3) is 0 Å². The molecule has 0 aliphatic rings. The highest BCUT2D eigenvalue weighted by Gasteiger charge is 2.10. The average molecular weight is 323 g/mol. The second-order valence-electron chi connectivity index (χ2n) is 4.74. The van der Waals surface area contributed by atoms with E-state index < -0.39 is 15.9 Å². The molecule has 0 aromatic heterocycles. The number of anilines is 1. The van der Waals surface area contributed by atoms with E-state index in [0.29, 0.717) is 16.3 Å². The molecule has 0 amide bonds. The standard InChI is InChI=1S/C15H17NO3S2/c1-21(18,19)14-7-5-13(6-8-14)20-10-15(17)11-3-2-4-12(16)9-11/h2-9,15,17H,10,16H2,1H3. The zero-order valence-corrected chi connectivity index (χ0v) is 13.2. The van der Waals surface area contributed by atoms with E-state index in [4.69, 9.17) is 5.73 Å². The minimum absolute atomic E-state index is 0.295. The SMILES string of the molecule is CS(=O)(=O)c1ccc(SCC(O)c2cccc(N)c2)cc1. The lowest BCUT2D eigenvalue weighted by Gasteiger charge is -2.11. The summed E-state index contributed by atoms with van der Waals surface area (Å²) in [6, 6.07) is 13.8. The van der Waals surface area contributed by atoms with E-state index in [9.17, 15) is 13.5 Å². The van der Waals surface area contributed by atoms with E-state index in [1.807, 2.05) is 6.07 Å². The van der Waals surface area contributed by atoms with E-state index in [0.717, 1.165) is 10.5 Å². The number of benzene rings is 2. The van der Waals surface area contributed by atoms with Gasteiger partial charge in [0.1, 0.15) is 0 Å². The van der Waals surface area contributed by atoms with Gasteiger partial charge in [0, 0.05) is 22.6 Å². The molecule has 3 N–H and O–H groups in total. The number of nitrogens with two attached hydrogens (primary N) is 1. The number of aliphatic hydroxyl groups excluding tert-OH is 1. The third-order valence-electron chi connectivity index (χ3n) is 2.96. The molecule has 0 aliphatic carbocycles. The Kier molecular flexibility index (Phi) is 4.92. The minimum atomic E-state index is -3.17. The third kappa shape index (κ3) is 4.49. The fourth-order valence-electron chi connectivity index (χ4n) is 1.82. The second-order valence-corrected chi connectivity index (χ2v) is 7.85. The van der Waals surface area contributed by atoms with Crippen LogP contribution in [0.1, 0.15) is 11.7 Å². The fourth-order valence-corrected chi connectivity index (χ4v) is 3.32. The predicted molar refractivity (Wildman–Crippen MR) is 86.1 cm³/mol. The summed E-state index contributed by atoms with van der Waals surface area (Å²) in [6.45, 7) is 0. The van der Waals surface area contributed by atoms with Crippen LogP contribution in [0.2, 0.25) is 0 Å². The normalized spacial score (nSPS) is 13.0. The molecule has 2 rings (SSSR count). The Morgan fingerprint density at radius 1 is 1.19 bits per heavy atom. The van der Waals surface area contributed by atoms with Crippen LogP contribution in [0.3, 0.4) is 0 Å². The van der Waals surface area contributed by atoms with Gasteiger partial charge in [-0.15, -0.1) is 11.8 Å². The maximum Gasteiger partial charge on any atom is 0.175 e. The van der Waals surface area contributed by atoms with Crippen molar-refractivity contribution in [2.45, 2.75) is 15.9 Å². The first kappa shape index (κ1) is 15.9. The molecule has 6 heteroatoms. The molecule has 2 aromatic carbocycles. The van der Waals surface area contributed by atoms with Crippen molar-refractivity contribution in [2.24, 2.45) is 0 Å². The summed E-state index contributed by atoms with van der Waals surface area (Å²) in [5, 5.41) is 10.1. The van der Waals surface area contributed by atoms with Crippen LogP contribution in [-0.4, -0.2) is 25.5 Å². The molecule has 2 aromatic rings. The molecule has 0 aliphatic heterocycles. The van der Waals surface area contributed by atoms with E-state index in [1.165, 1.54) is 18.0 Å². The molecule has 0 fully saturated rings.